The molecular formula is C23H31NO3. The molecular weight excluding hydrogens is 338 g/mol. The summed E-state index contributed by atoms with van der Waals surface area (Å²) in [5.41, 5.74) is 3.14. The van der Waals surface area contributed by atoms with Crippen LogP contribution in [0.3, 0.4) is 0 Å². The number of ether oxygens (including phenoxy) is 2. The first-order valence-corrected chi connectivity index (χ1v) is 9.43. The molecule has 146 valence electrons. The topological polar surface area (TPSA) is 38.8 Å². The summed E-state index contributed by atoms with van der Waals surface area (Å²) >= 11 is 0. The van der Waals surface area contributed by atoms with Crippen molar-refractivity contribution in [2.75, 3.05) is 14.1 Å². The molecule has 0 saturated heterocycles. The largest absolute Gasteiger partial charge is 0.484 e. The molecule has 0 amide bonds. The fraction of sp³-hybridized carbons (Fsp3) is 0.435. The number of hydrogen-bond donors (Lipinski definition) is 0. The number of rotatable bonds is 8. The Kier molecular flexibility index (Phi) is 7.43. The van der Waals surface area contributed by atoms with Crippen LogP contribution in [0.4, 0.5) is 0 Å². The van der Waals surface area contributed by atoms with Crippen LogP contribution in [0.25, 0.3) is 0 Å². The number of carbonyl (C=O) groups is 1. The van der Waals surface area contributed by atoms with Crippen molar-refractivity contribution in [1.82, 2.24) is 4.90 Å². The minimum Gasteiger partial charge on any atom is -0.484 e. The summed E-state index contributed by atoms with van der Waals surface area (Å²) in [5, 5.41) is 0. The van der Waals surface area contributed by atoms with Gasteiger partial charge in [0.05, 0.1) is 5.92 Å². The van der Waals surface area contributed by atoms with Gasteiger partial charge in [-0.2, -0.15) is 0 Å². The van der Waals surface area contributed by atoms with E-state index < -0.39 is 0 Å². The zero-order chi connectivity index (χ0) is 20.0. The monoisotopic (exact) mass is 369 g/mol. The van der Waals surface area contributed by atoms with E-state index in [9.17, 15) is 4.79 Å². The Morgan fingerprint density at radius 1 is 1.04 bits per heavy atom. The summed E-state index contributed by atoms with van der Waals surface area (Å²) in [5.74, 6) is 0.543. The summed E-state index contributed by atoms with van der Waals surface area (Å²) in [4.78, 5) is 13.8. The van der Waals surface area contributed by atoms with Gasteiger partial charge in [-0.05, 0) is 56.8 Å². The third kappa shape index (κ3) is 5.83. The Balaban J connectivity index is 2.17. The molecule has 0 aliphatic rings. The van der Waals surface area contributed by atoms with E-state index in [4.69, 9.17) is 9.47 Å². The van der Waals surface area contributed by atoms with Crippen LogP contribution in [0, 0.1) is 12.8 Å². The second kappa shape index (κ2) is 9.56. The van der Waals surface area contributed by atoms with Crippen LogP contribution in [0.2, 0.25) is 0 Å². The molecule has 0 aliphatic heterocycles. The molecule has 0 bridgehead atoms. The van der Waals surface area contributed by atoms with Gasteiger partial charge < -0.3 is 14.4 Å². The quantitative estimate of drug-likeness (QED) is 0.629. The van der Waals surface area contributed by atoms with Gasteiger partial charge in [0.2, 0.25) is 0 Å². The van der Waals surface area contributed by atoms with Crippen molar-refractivity contribution in [1.29, 1.82) is 0 Å². The number of aryl methyl sites for hydroxylation is 1. The molecule has 0 spiro atoms. The molecule has 0 N–H and O–H groups in total. The lowest BCUT2D eigenvalue weighted by Crippen LogP contribution is -2.34. The Hall–Kier alpha value is -2.33. The van der Waals surface area contributed by atoms with E-state index in [2.05, 4.69) is 38.1 Å². The van der Waals surface area contributed by atoms with Gasteiger partial charge in [-0.1, -0.05) is 50.2 Å². The molecule has 0 heterocycles. The average Bonchev–Trinajstić information content (AvgIpc) is 2.65. The van der Waals surface area contributed by atoms with Crippen molar-refractivity contribution in [2.45, 2.75) is 46.4 Å². The van der Waals surface area contributed by atoms with Gasteiger partial charge in [0, 0.05) is 6.04 Å². The molecule has 2 rings (SSSR count). The van der Waals surface area contributed by atoms with Crippen molar-refractivity contribution in [3.63, 3.8) is 0 Å². The Morgan fingerprint density at radius 2 is 1.70 bits per heavy atom. The molecule has 2 aromatic carbocycles. The molecule has 2 aromatic rings. The summed E-state index contributed by atoms with van der Waals surface area (Å²) in [6, 6.07) is 16.4. The minimum atomic E-state index is -0.183. The number of likely N-dealkylation sites (N-methyl/N-ethyl adjacent to an activating group) is 1. The third-order valence-corrected chi connectivity index (χ3v) is 4.73. The fourth-order valence-electron chi connectivity index (χ4n) is 2.75. The van der Waals surface area contributed by atoms with Gasteiger partial charge in [-0.15, -0.1) is 0 Å². The lowest BCUT2D eigenvalue weighted by atomic mass is 10.0. The summed E-state index contributed by atoms with van der Waals surface area (Å²) in [6.07, 6.45) is -0.0791. The van der Waals surface area contributed by atoms with E-state index in [-0.39, 0.29) is 30.6 Å². The molecule has 27 heavy (non-hydrogen) atoms. The van der Waals surface area contributed by atoms with Crippen LogP contribution in [-0.4, -0.2) is 31.0 Å². The molecule has 4 heteroatoms. The number of esters is 1. The van der Waals surface area contributed by atoms with Gasteiger partial charge in [0.25, 0.3) is 0 Å². The van der Waals surface area contributed by atoms with Crippen LogP contribution in [0.1, 0.15) is 43.6 Å². The van der Waals surface area contributed by atoms with Crippen LogP contribution >= 0.6 is 0 Å². The van der Waals surface area contributed by atoms with Crippen LogP contribution < -0.4 is 4.74 Å². The molecule has 2 atom stereocenters. The van der Waals surface area contributed by atoms with Crippen LogP contribution in [-0.2, 0) is 16.1 Å². The minimum absolute atomic E-state index is 0.0791. The molecule has 0 radical (unpaired) electrons. The smallest absolute Gasteiger partial charge is 0.308 e. The van der Waals surface area contributed by atoms with Crippen molar-refractivity contribution >= 4 is 5.97 Å². The van der Waals surface area contributed by atoms with E-state index in [0.29, 0.717) is 0 Å². The number of hydrogen-bond acceptors (Lipinski definition) is 4. The Morgan fingerprint density at radius 3 is 2.26 bits per heavy atom. The highest BCUT2D eigenvalue weighted by atomic mass is 16.5. The normalized spacial score (nSPS) is 13.5. The lowest BCUT2D eigenvalue weighted by Gasteiger charge is -2.30. The third-order valence-electron chi connectivity index (χ3n) is 4.73. The zero-order valence-corrected chi connectivity index (χ0v) is 17.2. The first-order chi connectivity index (χ1) is 12.8. The van der Waals surface area contributed by atoms with Gasteiger partial charge in [-0.3, -0.25) is 4.79 Å². The van der Waals surface area contributed by atoms with Gasteiger partial charge in [-0.25, -0.2) is 0 Å². The summed E-state index contributed by atoms with van der Waals surface area (Å²) in [6.45, 7) is 8.13. The predicted octanol–water partition coefficient (Wildman–Crippen LogP) is 4.76. The highest BCUT2D eigenvalue weighted by Gasteiger charge is 2.23. The SMILES string of the molecule is Cc1cc(COC(=O)C(C)C)ccc1OC(c1ccccc1)C(C)N(C)C. The van der Waals surface area contributed by atoms with Crippen molar-refractivity contribution in [2.24, 2.45) is 5.92 Å². The molecule has 0 fully saturated rings. The standard InChI is InChI=1S/C23H31NO3/c1-16(2)23(25)26-15-19-12-13-21(17(3)14-19)27-22(18(4)24(5)6)20-10-8-7-9-11-20/h7-14,16,18,22H,15H2,1-6H3. The van der Waals surface area contributed by atoms with Crippen molar-refractivity contribution in [3.05, 3.63) is 65.2 Å². The van der Waals surface area contributed by atoms with Crippen molar-refractivity contribution < 1.29 is 14.3 Å². The second-order valence-electron chi connectivity index (χ2n) is 7.52. The molecule has 0 aliphatic carbocycles. The number of nitrogens with zero attached hydrogens (tertiary/aromatic N) is 1. The van der Waals surface area contributed by atoms with Gasteiger partial charge in [0.1, 0.15) is 18.5 Å². The Bertz CT molecular complexity index is 741. The van der Waals surface area contributed by atoms with E-state index in [1.54, 1.807) is 0 Å². The zero-order valence-electron chi connectivity index (χ0n) is 17.2. The number of benzene rings is 2. The maximum absolute atomic E-state index is 11.7. The molecule has 0 saturated carbocycles. The molecule has 4 nitrogen and oxygen atoms in total. The van der Waals surface area contributed by atoms with E-state index in [0.717, 1.165) is 22.4 Å². The highest BCUT2D eigenvalue weighted by molar-refractivity contribution is 5.71. The first kappa shape index (κ1) is 21.0. The predicted molar refractivity (Wildman–Crippen MR) is 109 cm³/mol. The van der Waals surface area contributed by atoms with Gasteiger partial charge in [0.15, 0.2) is 0 Å². The van der Waals surface area contributed by atoms with E-state index >= 15 is 0 Å². The average molecular weight is 370 g/mol. The fourth-order valence-corrected chi connectivity index (χ4v) is 2.75. The lowest BCUT2D eigenvalue weighted by molar-refractivity contribution is -0.148. The van der Waals surface area contributed by atoms with E-state index in [1.807, 2.05) is 57.2 Å². The maximum Gasteiger partial charge on any atom is 0.308 e. The highest BCUT2D eigenvalue weighted by Crippen LogP contribution is 2.29. The Labute approximate surface area is 163 Å². The van der Waals surface area contributed by atoms with Crippen molar-refractivity contribution in [3.8, 4) is 5.75 Å². The van der Waals surface area contributed by atoms with Crippen LogP contribution in [0.5, 0.6) is 5.75 Å². The van der Waals surface area contributed by atoms with Crippen LogP contribution in [0.15, 0.2) is 48.5 Å². The summed E-state index contributed by atoms with van der Waals surface area (Å²) < 4.78 is 11.7. The molecule has 0 aromatic heterocycles. The van der Waals surface area contributed by atoms with Gasteiger partial charge >= 0.3 is 5.97 Å². The second-order valence-corrected chi connectivity index (χ2v) is 7.52. The van der Waals surface area contributed by atoms with E-state index in [1.165, 1.54) is 0 Å². The first-order valence-electron chi connectivity index (χ1n) is 9.43. The molecule has 2 unspecified atom stereocenters. The maximum atomic E-state index is 11.7. The summed E-state index contributed by atoms with van der Waals surface area (Å²) in [7, 11) is 4.12. The number of carbonyl (C=O) groups excluding carboxylic acids is 1.